The predicted molar refractivity (Wildman–Crippen MR) is 63.1 cm³/mol. The molecule has 1 aromatic rings. The zero-order chi connectivity index (χ0) is 11.8. The van der Waals surface area contributed by atoms with E-state index in [9.17, 15) is 9.90 Å². The van der Waals surface area contributed by atoms with Crippen molar-refractivity contribution in [3.8, 4) is 5.75 Å². The molecule has 0 aromatic heterocycles. The van der Waals surface area contributed by atoms with Crippen molar-refractivity contribution in [1.82, 2.24) is 5.32 Å². The van der Waals surface area contributed by atoms with Gasteiger partial charge >= 0.3 is 0 Å². The van der Waals surface area contributed by atoms with Gasteiger partial charge in [0.15, 0.2) is 0 Å². The van der Waals surface area contributed by atoms with Crippen LogP contribution >= 0.6 is 0 Å². The SMILES string of the molecule is NCCCC(=O)NCCc1ccccc1O. The lowest BCUT2D eigenvalue weighted by Gasteiger charge is -2.06. The molecule has 4 N–H and O–H groups in total. The van der Waals surface area contributed by atoms with Crippen molar-refractivity contribution in [3.05, 3.63) is 29.8 Å². The Kier molecular flexibility index (Phi) is 5.36. The summed E-state index contributed by atoms with van der Waals surface area (Å²) < 4.78 is 0. The zero-order valence-corrected chi connectivity index (χ0v) is 9.28. The minimum atomic E-state index is 0.0147. The molecule has 0 unspecified atom stereocenters. The zero-order valence-electron chi connectivity index (χ0n) is 9.28. The smallest absolute Gasteiger partial charge is 0.220 e. The van der Waals surface area contributed by atoms with Gasteiger partial charge in [-0.3, -0.25) is 4.79 Å². The summed E-state index contributed by atoms with van der Waals surface area (Å²) in [7, 11) is 0. The van der Waals surface area contributed by atoms with Crippen LogP contribution in [0.2, 0.25) is 0 Å². The van der Waals surface area contributed by atoms with Gasteiger partial charge in [0, 0.05) is 13.0 Å². The molecule has 88 valence electrons. The highest BCUT2D eigenvalue weighted by molar-refractivity contribution is 5.75. The van der Waals surface area contributed by atoms with Crippen LogP contribution in [0.15, 0.2) is 24.3 Å². The number of amides is 1. The van der Waals surface area contributed by atoms with Gasteiger partial charge in [-0.05, 0) is 31.0 Å². The number of hydrogen-bond acceptors (Lipinski definition) is 3. The third kappa shape index (κ3) is 4.31. The lowest BCUT2D eigenvalue weighted by atomic mass is 10.1. The molecular formula is C12H18N2O2. The summed E-state index contributed by atoms with van der Waals surface area (Å²) in [5.41, 5.74) is 6.15. The summed E-state index contributed by atoms with van der Waals surface area (Å²) in [6, 6.07) is 7.14. The standard InChI is InChI=1S/C12H18N2O2/c13-8-3-6-12(16)14-9-7-10-4-1-2-5-11(10)15/h1-2,4-5,15H,3,6-9,13H2,(H,14,16). The number of aromatic hydroxyl groups is 1. The van der Waals surface area contributed by atoms with E-state index >= 15 is 0 Å². The van der Waals surface area contributed by atoms with Gasteiger partial charge in [0.2, 0.25) is 5.91 Å². The fraction of sp³-hybridized carbons (Fsp3) is 0.417. The fourth-order valence-corrected chi connectivity index (χ4v) is 1.41. The maximum atomic E-state index is 11.2. The van der Waals surface area contributed by atoms with Gasteiger partial charge in [-0.2, -0.15) is 0 Å². The second kappa shape index (κ2) is 6.85. The van der Waals surface area contributed by atoms with Crippen molar-refractivity contribution < 1.29 is 9.90 Å². The molecule has 0 bridgehead atoms. The van der Waals surface area contributed by atoms with E-state index in [-0.39, 0.29) is 11.7 Å². The normalized spacial score (nSPS) is 10.1. The Morgan fingerprint density at radius 2 is 2.12 bits per heavy atom. The maximum Gasteiger partial charge on any atom is 0.220 e. The number of nitrogens with two attached hydrogens (primary N) is 1. The van der Waals surface area contributed by atoms with Gasteiger partial charge in [0.1, 0.15) is 5.75 Å². The largest absolute Gasteiger partial charge is 0.508 e. The first kappa shape index (κ1) is 12.5. The van der Waals surface area contributed by atoms with Crippen molar-refractivity contribution in [2.45, 2.75) is 19.3 Å². The van der Waals surface area contributed by atoms with E-state index in [1.165, 1.54) is 0 Å². The minimum Gasteiger partial charge on any atom is -0.508 e. The lowest BCUT2D eigenvalue weighted by Crippen LogP contribution is -2.25. The topological polar surface area (TPSA) is 75.4 Å². The molecule has 4 heteroatoms. The average Bonchev–Trinajstić information content (AvgIpc) is 2.29. The van der Waals surface area contributed by atoms with Crippen molar-refractivity contribution in [1.29, 1.82) is 0 Å². The molecule has 0 spiro atoms. The molecule has 4 nitrogen and oxygen atoms in total. The Balaban J connectivity index is 2.25. The highest BCUT2D eigenvalue weighted by Gasteiger charge is 2.02. The van der Waals surface area contributed by atoms with Gasteiger partial charge in [-0.25, -0.2) is 0 Å². The Morgan fingerprint density at radius 3 is 2.81 bits per heavy atom. The van der Waals surface area contributed by atoms with E-state index in [1.54, 1.807) is 12.1 Å². The molecule has 0 radical (unpaired) electrons. The summed E-state index contributed by atoms with van der Waals surface area (Å²) in [4.78, 5) is 11.2. The second-order valence-corrected chi connectivity index (χ2v) is 3.62. The van der Waals surface area contributed by atoms with Crippen LogP contribution in [0, 0.1) is 0 Å². The molecule has 16 heavy (non-hydrogen) atoms. The quantitative estimate of drug-likeness (QED) is 0.666. The molecular weight excluding hydrogens is 204 g/mol. The summed E-state index contributed by atoms with van der Waals surface area (Å²) in [5.74, 6) is 0.291. The number of nitrogens with one attached hydrogen (secondary N) is 1. The molecule has 1 aromatic carbocycles. The summed E-state index contributed by atoms with van der Waals surface area (Å²) in [5, 5.41) is 12.3. The Morgan fingerprint density at radius 1 is 1.38 bits per heavy atom. The van der Waals surface area contributed by atoms with E-state index < -0.39 is 0 Å². The third-order valence-corrected chi connectivity index (χ3v) is 2.32. The maximum absolute atomic E-state index is 11.2. The molecule has 0 aliphatic carbocycles. The van der Waals surface area contributed by atoms with Crippen LogP contribution in [0.3, 0.4) is 0 Å². The van der Waals surface area contributed by atoms with Gasteiger partial charge in [-0.1, -0.05) is 18.2 Å². The first-order valence-corrected chi connectivity index (χ1v) is 5.47. The van der Waals surface area contributed by atoms with Crippen LogP contribution in [0.1, 0.15) is 18.4 Å². The highest BCUT2D eigenvalue weighted by atomic mass is 16.3. The predicted octanol–water partition coefficient (Wildman–Crippen LogP) is 0.790. The van der Waals surface area contributed by atoms with E-state index in [0.29, 0.717) is 32.4 Å². The highest BCUT2D eigenvalue weighted by Crippen LogP contribution is 2.15. The summed E-state index contributed by atoms with van der Waals surface area (Å²) in [6.45, 7) is 1.08. The van der Waals surface area contributed by atoms with E-state index in [4.69, 9.17) is 5.73 Å². The monoisotopic (exact) mass is 222 g/mol. The van der Waals surface area contributed by atoms with Gasteiger partial charge in [0.25, 0.3) is 0 Å². The van der Waals surface area contributed by atoms with Crippen LogP contribution in [-0.4, -0.2) is 24.1 Å². The molecule has 0 aliphatic rings. The Bertz CT molecular complexity index is 340. The molecule has 0 atom stereocenters. The number of phenolic OH excluding ortho intramolecular Hbond substituents is 1. The Labute approximate surface area is 95.5 Å². The molecule has 0 saturated carbocycles. The molecule has 0 aliphatic heterocycles. The number of carbonyl (C=O) groups excluding carboxylic acids is 1. The van der Waals surface area contributed by atoms with Gasteiger partial charge in [-0.15, -0.1) is 0 Å². The summed E-state index contributed by atoms with van der Waals surface area (Å²) in [6.07, 6.45) is 1.82. The first-order valence-electron chi connectivity index (χ1n) is 5.47. The number of hydrogen-bond donors (Lipinski definition) is 3. The average molecular weight is 222 g/mol. The number of carbonyl (C=O) groups is 1. The van der Waals surface area contributed by atoms with Crippen LogP contribution < -0.4 is 11.1 Å². The number of para-hydroxylation sites is 1. The van der Waals surface area contributed by atoms with Crippen LogP contribution in [0.4, 0.5) is 0 Å². The van der Waals surface area contributed by atoms with E-state index in [1.807, 2.05) is 12.1 Å². The van der Waals surface area contributed by atoms with E-state index in [2.05, 4.69) is 5.32 Å². The molecule has 0 saturated heterocycles. The van der Waals surface area contributed by atoms with Crippen LogP contribution in [0.5, 0.6) is 5.75 Å². The Hall–Kier alpha value is -1.55. The van der Waals surface area contributed by atoms with Gasteiger partial charge in [0.05, 0.1) is 0 Å². The van der Waals surface area contributed by atoms with Crippen molar-refractivity contribution in [2.24, 2.45) is 5.73 Å². The molecule has 0 fully saturated rings. The number of phenols is 1. The van der Waals surface area contributed by atoms with E-state index in [0.717, 1.165) is 5.56 Å². The lowest BCUT2D eigenvalue weighted by molar-refractivity contribution is -0.121. The van der Waals surface area contributed by atoms with Gasteiger partial charge < -0.3 is 16.2 Å². The van der Waals surface area contributed by atoms with Crippen LogP contribution in [-0.2, 0) is 11.2 Å². The number of rotatable bonds is 6. The van der Waals surface area contributed by atoms with Crippen molar-refractivity contribution in [3.63, 3.8) is 0 Å². The summed E-state index contributed by atoms with van der Waals surface area (Å²) >= 11 is 0. The second-order valence-electron chi connectivity index (χ2n) is 3.62. The first-order chi connectivity index (χ1) is 7.74. The fourth-order valence-electron chi connectivity index (χ4n) is 1.41. The molecule has 1 rings (SSSR count). The third-order valence-electron chi connectivity index (χ3n) is 2.32. The molecule has 0 heterocycles. The van der Waals surface area contributed by atoms with Crippen molar-refractivity contribution in [2.75, 3.05) is 13.1 Å². The minimum absolute atomic E-state index is 0.0147. The molecule has 1 amide bonds. The van der Waals surface area contributed by atoms with Crippen molar-refractivity contribution >= 4 is 5.91 Å². The number of benzene rings is 1. The van der Waals surface area contributed by atoms with Crippen LogP contribution in [0.25, 0.3) is 0 Å².